The van der Waals surface area contributed by atoms with E-state index in [9.17, 15) is 9.59 Å². The van der Waals surface area contributed by atoms with Crippen LogP contribution in [0.2, 0.25) is 10.0 Å². The number of para-hydroxylation sites is 1. The van der Waals surface area contributed by atoms with Gasteiger partial charge in [0, 0.05) is 13.6 Å². The fourth-order valence-corrected chi connectivity index (χ4v) is 3.63. The van der Waals surface area contributed by atoms with E-state index >= 15 is 0 Å². The Labute approximate surface area is 188 Å². The standard InChI is InChI=1S/C19H18Cl2N6O2S/c1-3-9-23-19(29)27(30)13-8-7-12-16(14(13)17(22)28)26(2)18(24-12)25-15-10(20)5-4-6-11(15)21/h3-8,30H,1,9H2,2H3,(H2,22,28)(H,23,29)(H,24,25). The lowest BCUT2D eigenvalue weighted by atomic mass is 10.1. The fraction of sp³-hybridized carbons (Fsp3) is 0.105. The molecule has 0 aliphatic carbocycles. The van der Waals surface area contributed by atoms with Crippen LogP contribution in [-0.2, 0) is 7.05 Å². The van der Waals surface area contributed by atoms with E-state index in [1.807, 2.05) is 0 Å². The number of hydrogen-bond acceptors (Lipinski definition) is 5. The molecule has 11 heteroatoms. The van der Waals surface area contributed by atoms with Crippen molar-refractivity contribution in [2.45, 2.75) is 0 Å². The first-order valence-electron chi connectivity index (χ1n) is 8.64. The molecule has 3 amide bonds. The van der Waals surface area contributed by atoms with Gasteiger partial charge in [0.25, 0.3) is 5.91 Å². The van der Waals surface area contributed by atoms with E-state index in [-0.39, 0.29) is 17.8 Å². The number of anilines is 3. The summed E-state index contributed by atoms with van der Waals surface area (Å²) in [5, 5.41) is 6.48. The van der Waals surface area contributed by atoms with E-state index in [0.29, 0.717) is 32.7 Å². The van der Waals surface area contributed by atoms with Gasteiger partial charge in [0.15, 0.2) is 0 Å². The highest BCUT2D eigenvalue weighted by atomic mass is 35.5. The normalized spacial score (nSPS) is 10.7. The van der Waals surface area contributed by atoms with Gasteiger partial charge < -0.3 is 20.9 Å². The second-order valence-corrected chi connectivity index (χ2v) is 7.41. The molecule has 30 heavy (non-hydrogen) atoms. The third kappa shape index (κ3) is 4.04. The van der Waals surface area contributed by atoms with Crippen LogP contribution in [0.25, 0.3) is 11.0 Å². The molecule has 0 fully saturated rings. The Hall–Kier alpha value is -2.88. The van der Waals surface area contributed by atoms with Crippen LogP contribution in [0.5, 0.6) is 0 Å². The third-order valence-electron chi connectivity index (χ3n) is 4.28. The number of benzene rings is 2. The molecule has 0 atom stereocenters. The zero-order valence-corrected chi connectivity index (χ0v) is 18.2. The maximum absolute atomic E-state index is 12.3. The van der Waals surface area contributed by atoms with Crippen molar-refractivity contribution in [3.8, 4) is 0 Å². The number of fused-ring (bicyclic) bond motifs is 1. The summed E-state index contributed by atoms with van der Waals surface area (Å²) in [7, 11) is 1.69. The van der Waals surface area contributed by atoms with Crippen molar-refractivity contribution in [1.82, 2.24) is 14.9 Å². The van der Waals surface area contributed by atoms with Gasteiger partial charge in [0.05, 0.1) is 38.0 Å². The molecular formula is C19H18Cl2N6O2S. The number of imidazole rings is 1. The van der Waals surface area contributed by atoms with Crippen LogP contribution in [0.1, 0.15) is 10.4 Å². The summed E-state index contributed by atoms with van der Waals surface area (Å²) in [6.07, 6.45) is 1.52. The molecule has 0 aliphatic heterocycles. The Morgan fingerprint density at radius 1 is 1.30 bits per heavy atom. The molecule has 1 aromatic heterocycles. The first-order chi connectivity index (χ1) is 14.3. The number of aromatic nitrogens is 2. The summed E-state index contributed by atoms with van der Waals surface area (Å²) in [4.78, 5) is 29.1. The predicted molar refractivity (Wildman–Crippen MR) is 124 cm³/mol. The van der Waals surface area contributed by atoms with Crippen LogP contribution in [0.3, 0.4) is 0 Å². The number of carbonyl (C=O) groups excluding carboxylic acids is 2. The third-order valence-corrected chi connectivity index (χ3v) is 5.31. The van der Waals surface area contributed by atoms with Crippen molar-refractivity contribution in [2.75, 3.05) is 16.2 Å². The molecule has 3 aromatic rings. The monoisotopic (exact) mass is 464 g/mol. The van der Waals surface area contributed by atoms with Gasteiger partial charge in [-0.05, 0) is 24.3 Å². The van der Waals surface area contributed by atoms with Crippen molar-refractivity contribution >= 4 is 76.3 Å². The van der Waals surface area contributed by atoms with Gasteiger partial charge in [-0.3, -0.25) is 4.79 Å². The van der Waals surface area contributed by atoms with E-state index in [0.717, 1.165) is 4.31 Å². The fourth-order valence-electron chi connectivity index (χ4n) is 2.90. The number of carbonyl (C=O) groups is 2. The van der Waals surface area contributed by atoms with Crippen molar-refractivity contribution in [2.24, 2.45) is 12.8 Å². The summed E-state index contributed by atoms with van der Waals surface area (Å²) in [5.74, 6) is -0.363. The maximum Gasteiger partial charge on any atom is 0.332 e. The van der Waals surface area contributed by atoms with Crippen LogP contribution in [-0.4, -0.2) is 28.0 Å². The summed E-state index contributed by atoms with van der Waals surface area (Å²) >= 11 is 16.7. The summed E-state index contributed by atoms with van der Waals surface area (Å²) < 4.78 is 2.63. The van der Waals surface area contributed by atoms with Crippen LogP contribution >= 0.6 is 36.0 Å². The minimum atomic E-state index is -0.739. The Morgan fingerprint density at radius 3 is 2.57 bits per heavy atom. The quantitative estimate of drug-likeness (QED) is 0.322. The topological polar surface area (TPSA) is 105 Å². The summed E-state index contributed by atoms with van der Waals surface area (Å²) in [6, 6.07) is 7.75. The van der Waals surface area contributed by atoms with Crippen LogP contribution in [0.4, 0.5) is 22.1 Å². The molecule has 0 radical (unpaired) electrons. The molecule has 156 valence electrons. The highest BCUT2D eigenvalue weighted by Gasteiger charge is 2.24. The maximum atomic E-state index is 12.3. The minimum absolute atomic E-state index is 0.0876. The molecule has 4 N–H and O–H groups in total. The average Bonchev–Trinajstić information content (AvgIpc) is 3.03. The Balaban J connectivity index is 2.12. The van der Waals surface area contributed by atoms with Crippen molar-refractivity contribution in [1.29, 1.82) is 0 Å². The first kappa shape index (κ1) is 21.8. The second kappa shape index (κ2) is 8.86. The second-order valence-electron chi connectivity index (χ2n) is 6.19. The minimum Gasteiger partial charge on any atom is -0.365 e. The number of aryl methyl sites for hydroxylation is 1. The van der Waals surface area contributed by atoms with Crippen LogP contribution in [0, 0.1) is 0 Å². The molecule has 3 rings (SSSR count). The van der Waals surface area contributed by atoms with E-state index in [2.05, 4.69) is 35.0 Å². The molecule has 0 unspecified atom stereocenters. The predicted octanol–water partition coefficient (Wildman–Crippen LogP) is 4.27. The Bertz CT molecular complexity index is 1140. The Morgan fingerprint density at radius 2 is 1.97 bits per heavy atom. The van der Waals surface area contributed by atoms with Crippen molar-refractivity contribution < 1.29 is 9.59 Å². The van der Waals surface area contributed by atoms with Gasteiger partial charge in [0.1, 0.15) is 0 Å². The Kier molecular flexibility index (Phi) is 6.45. The van der Waals surface area contributed by atoms with Gasteiger partial charge in [0.2, 0.25) is 5.95 Å². The van der Waals surface area contributed by atoms with Crippen LogP contribution in [0.15, 0.2) is 43.0 Å². The van der Waals surface area contributed by atoms with Gasteiger partial charge in [-0.15, -0.1) is 6.58 Å². The van der Waals surface area contributed by atoms with Gasteiger partial charge in [-0.1, -0.05) is 48.2 Å². The summed E-state index contributed by atoms with van der Waals surface area (Å²) in [5.41, 5.74) is 7.32. The number of urea groups is 1. The number of nitrogens with zero attached hydrogens (tertiary/aromatic N) is 3. The lowest BCUT2D eigenvalue weighted by Gasteiger charge is -2.19. The number of rotatable bonds is 6. The van der Waals surface area contributed by atoms with E-state index < -0.39 is 11.9 Å². The summed E-state index contributed by atoms with van der Waals surface area (Å²) in [6.45, 7) is 3.78. The smallest absolute Gasteiger partial charge is 0.332 e. The number of primary amides is 1. The van der Waals surface area contributed by atoms with E-state index in [4.69, 9.17) is 28.9 Å². The molecule has 0 saturated carbocycles. The van der Waals surface area contributed by atoms with Crippen LogP contribution < -0.4 is 20.7 Å². The molecule has 0 saturated heterocycles. The van der Waals surface area contributed by atoms with Gasteiger partial charge >= 0.3 is 6.03 Å². The lowest BCUT2D eigenvalue weighted by Crippen LogP contribution is -2.35. The molecule has 0 bridgehead atoms. The SMILES string of the molecule is C=CCNC(=O)N(S)c1ccc2nc(Nc3c(Cl)cccc3Cl)n(C)c2c1C(N)=O. The molecular weight excluding hydrogens is 447 g/mol. The molecule has 2 aromatic carbocycles. The molecule has 8 nitrogen and oxygen atoms in total. The first-order valence-corrected chi connectivity index (χ1v) is 9.79. The number of halogens is 2. The number of thiol groups is 1. The highest BCUT2D eigenvalue weighted by Crippen LogP contribution is 2.35. The number of hydrogen-bond donors (Lipinski definition) is 4. The number of nitrogens with one attached hydrogen (secondary N) is 2. The van der Waals surface area contributed by atoms with Crippen molar-refractivity contribution in [3.63, 3.8) is 0 Å². The largest absolute Gasteiger partial charge is 0.365 e. The highest BCUT2D eigenvalue weighted by molar-refractivity contribution is 7.82. The van der Waals surface area contributed by atoms with Crippen molar-refractivity contribution in [3.05, 3.63) is 58.6 Å². The zero-order chi connectivity index (χ0) is 22.0. The van der Waals surface area contributed by atoms with E-state index in [1.165, 1.54) is 6.08 Å². The lowest BCUT2D eigenvalue weighted by molar-refractivity contribution is 0.100. The zero-order valence-electron chi connectivity index (χ0n) is 15.8. The molecule has 1 heterocycles. The molecule has 0 spiro atoms. The molecule has 0 aliphatic rings. The van der Waals surface area contributed by atoms with Gasteiger partial charge in [-0.25, -0.2) is 14.1 Å². The average molecular weight is 465 g/mol. The van der Waals surface area contributed by atoms with E-state index in [1.54, 1.807) is 41.9 Å². The number of amides is 3. The number of nitrogens with two attached hydrogens (primary N) is 1. The van der Waals surface area contributed by atoms with Gasteiger partial charge in [-0.2, -0.15) is 0 Å².